The van der Waals surface area contributed by atoms with Gasteiger partial charge in [0, 0.05) is 34.3 Å². The van der Waals surface area contributed by atoms with Crippen LogP contribution in [-0.4, -0.2) is 41.0 Å². The number of nitrogens with zero attached hydrogens (tertiary/aromatic N) is 1. The number of rotatable bonds is 6. The zero-order valence-corrected chi connectivity index (χ0v) is 13.4. The van der Waals surface area contributed by atoms with Gasteiger partial charge in [-0.15, -0.1) is 11.8 Å². The summed E-state index contributed by atoms with van der Waals surface area (Å²) in [5.41, 5.74) is 0. The molecule has 2 nitrogen and oxygen atoms in total. The molecule has 1 N–H and O–H groups in total. The molecule has 0 bridgehead atoms. The Balaban J connectivity index is 2.07. The van der Waals surface area contributed by atoms with E-state index >= 15 is 0 Å². The first kappa shape index (κ1) is 15.5. The van der Waals surface area contributed by atoms with E-state index in [2.05, 4.69) is 11.8 Å². The Hall–Kier alpha value is 0.0700. The predicted octanol–water partition coefficient (Wildman–Crippen LogP) is 3.93. The van der Waals surface area contributed by atoms with Crippen molar-refractivity contribution >= 4 is 35.0 Å². The SMILES string of the molecule is CCCC1(Sc2cc(Cl)ccc2Cl)CN(CCO)C1. The van der Waals surface area contributed by atoms with Crippen molar-refractivity contribution in [3.63, 3.8) is 0 Å². The summed E-state index contributed by atoms with van der Waals surface area (Å²) in [6.07, 6.45) is 2.31. The third-order valence-corrected chi connectivity index (χ3v) is 5.49. The van der Waals surface area contributed by atoms with Gasteiger partial charge >= 0.3 is 0 Å². The summed E-state index contributed by atoms with van der Waals surface area (Å²) in [6.45, 7) is 5.21. The molecule has 0 unspecified atom stereocenters. The van der Waals surface area contributed by atoms with E-state index in [0.29, 0.717) is 0 Å². The first-order valence-corrected chi connectivity index (χ1v) is 8.13. The Morgan fingerprint density at radius 3 is 2.74 bits per heavy atom. The van der Waals surface area contributed by atoms with Gasteiger partial charge in [0.15, 0.2) is 0 Å². The molecule has 0 atom stereocenters. The van der Waals surface area contributed by atoms with E-state index in [1.54, 1.807) is 0 Å². The third-order valence-electron chi connectivity index (χ3n) is 3.37. The average molecular weight is 320 g/mol. The van der Waals surface area contributed by atoms with Crippen molar-refractivity contribution in [1.82, 2.24) is 4.90 Å². The van der Waals surface area contributed by atoms with Crippen molar-refractivity contribution < 1.29 is 5.11 Å². The number of aliphatic hydroxyl groups is 1. The van der Waals surface area contributed by atoms with Gasteiger partial charge in [-0.3, -0.25) is 4.90 Å². The maximum absolute atomic E-state index is 8.98. The van der Waals surface area contributed by atoms with Crippen LogP contribution in [0.5, 0.6) is 0 Å². The first-order chi connectivity index (χ1) is 9.08. The topological polar surface area (TPSA) is 23.5 Å². The molecule has 19 heavy (non-hydrogen) atoms. The smallest absolute Gasteiger partial charge is 0.0558 e. The second kappa shape index (κ2) is 6.68. The molecular formula is C14H19Cl2NOS. The number of likely N-dealkylation sites (tertiary alicyclic amines) is 1. The van der Waals surface area contributed by atoms with Gasteiger partial charge in [0.05, 0.1) is 11.6 Å². The quantitative estimate of drug-likeness (QED) is 0.859. The fourth-order valence-electron chi connectivity index (χ4n) is 2.59. The monoisotopic (exact) mass is 319 g/mol. The van der Waals surface area contributed by atoms with Crippen molar-refractivity contribution in [2.24, 2.45) is 0 Å². The van der Waals surface area contributed by atoms with E-state index < -0.39 is 0 Å². The molecule has 5 heteroatoms. The number of hydrogen-bond donors (Lipinski definition) is 1. The molecule has 1 saturated heterocycles. The molecule has 1 aliphatic rings. The number of aliphatic hydroxyl groups excluding tert-OH is 1. The lowest BCUT2D eigenvalue weighted by Crippen LogP contribution is -2.60. The Morgan fingerprint density at radius 1 is 1.37 bits per heavy atom. The number of hydrogen-bond acceptors (Lipinski definition) is 3. The Morgan fingerprint density at radius 2 is 2.11 bits per heavy atom. The number of thioether (sulfide) groups is 1. The minimum absolute atomic E-state index is 0.220. The zero-order valence-electron chi connectivity index (χ0n) is 11.0. The van der Waals surface area contributed by atoms with E-state index in [1.165, 1.54) is 0 Å². The van der Waals surface area contributed by atoms with Gasteiger partial charge in [-0.1, -0.05) is 36.5 Å². The van der Waals surface area contributed by atoms with E-state index in [-0.39, 0.29) is 11.4 Å². The van der Waals surface area contributed by atoms with Gasteiger partial charge in [0.25, 0.3) is 0 Å². The Bertz CT molecular complexity index is 435. The van der Waals surface area contributed by atoms with Gasteiger partial charge in [0.1, 0.15) is 0 Å². The molecule has 0 aliphatic carbocycles. The molecule has 1 aromatic rings. The molecule has 0 spiro atoms. The molecule has 2 rings (SSSR count). The summed E-state index contributed by atoms with van der Waals surface area (Å²) >= 11 is 14.1. The van der Waals surface area contributed by atoms with Crippen molar-refractivity contribution in [1.29, 1.82) is 0 Å². The first-order valence-electron chi connectivity index (χ1n) is 6.56. The fraction of sp³-hybridized carbons (Fsp3) is 0.571. The van der Waals surface area contributed by atoms with Crippen LogP contribution >= 0.6 is 35.0 Å². The maximum atomic E-state index is 8.98. The van der Waals surface area contributed by atoms with Crippen LogP contribution in [0, 0.1) is 0 Å². The standard InChI is InChI=1S/C14H19Cl2NOS/c1-2-5-14(9-17(10-14)6-7-18)19-13-8-11(15)3-4-12(13)16/h3-4,8,18H,2,5-7,9-10H2,1H3. The molecular weight excluding hydrogens is 301 g/mol. The summed E-state index contributed by atoms with van der Waals surface area (Å²) in [6, 6.07) is 5.62. The Labute approximate surface area is 129 Å². The minimum atomic E-state index is 0.220. The zero-order chi connectivity index (χ0) is 13.9. The molecule has 1 heterocycles. The third kappa shape index (κ3) is 3.79. The average Bonchev–Trinajstić information content (AvgIpc) is 2.32. The molecule has 106 valence electrons. The summed E-state index contributed by atoms with van der Waals surface area (Å²) in [7, 11) is 0. The van der Waals surface area contributed by atoms with Crippen LogP contribution in [-0.2, 0) is 0 Å². The molecule has 0 amide bonds. The van der Waals surface area contributed by atoms with Crippen LogP contribution in [0.25, 0.3) is 0 Å². The summed E-state index contributed by atoms with van der Waals surface area (Å²) in [4.78, 5) is 3.34. The highest BCUT2D eigenvalue weighted by atomic mass is 35.5. The molecule has 0 radical (unpaired) electrons. The lowest BCUT2D eigenvalue weighted by Gasteiger charge is -2.50. The highest BCUT2D eigenvalue weighted by Gasteiger charge is 2.42. The Kier molecular flexibility index (Phi) is 5.44. The van der Waals surface area contributed by atoms with E-state index in [4.69, 9.17) is 28.3 Å². The van der Waals surface area contributed by atoms with E-state index in [0.717, 1.165) is 47.4 Å². The molecule has 1 aromatic carbocycles. The number of benzene rings is 1. The second-order valence-corrected chi connectivity index (χ2v) is 7.40. The summed E-state index contributed by atoms with van der Waals surface area (Å²) in [5.74, 6) is 0. The van der Waals surface area contributed by atoms with Crippen LogP contribution in [0.2, 0.25) is 10.0 Å². The summed E-state index contributed by atoms with van der Waals surface area (Å²) in [5, 5.41) is 10.5. The highest BCUT2D eigenvalue weighted by Crippen LogP contribution is 2.46. The van der Waals surface area contributed by atoms with Crippen molar-refractivity contribution in [2.75, 3.05) is 26.2 Å². The van der Waals surface area contributed by atoms with Crippen LogP contribution in [0.4, 0.5) is 0 Å². The van der Waals surface area contributed by atoms with Gasteiger partial charge < -0.3 is 5.11 Å². The maximum Gasteiger partial charge on any atom is 0.0558 e. The lowest BCUT2D eigenvalue weighted by molar-refractivity contribution is 0.0944. The van der Waals surface area contributed by atoms with Crippen LogP contribution < -0.4 is 0 Å². The fourth-order valence-corrected chi connectivity index (χ4v) is 4.67. The van der Waals surface area contributed by atoms with Crippen LogP contribution in [0.1, 0.15) is 19.8 Å². The molecule has 1 fully saturated rings. The number of halogens is 2. The largest absolute Gasteiger partial charge is 0.395 e. The van der Waals surface area contributed by atoms with Crippen molar-refractivity contribution in [3.05, 3.63) is 28.2 Å². The number of β-amino-alcohol motifs (C(OH)–C–C–N with tert-alkyl or cyclic N) is 1. The summed E-state index contributed by atoms with van der Waals surface area (Å²) < 4.78 is 0.220. The molecule has 0 aromatic heterocycles. The van der Waals surface area contributed by atoms with Crippen LogP contribution in [0.3, 0.4) is 0 Å². The van der Waals surface area contributed by atoms with Crippen molar-refractivity contribution in [2.45, 2.75) is 29.4 Å². The predicted molar refractivity (Wildman–Crippen MR) is 83.5 cm³/mol. The highest BCUT2D eigenvalue weighted by molar-refractivity contribution is 8.01. The van der Waals surface area contributed by atoms with Crippen LogP contribution in [0.15, 0.2) is 23.1 Å². The van der Waals surface area contributed by atoms with Crippen molar-refractivity contribution in [3.8, 4) is 0 Å². The second-order valence-electron chi connectivity index (χ2n) is 5.04. The van der Waals surface area contributed by atoms with Gasteiger partial charge in [-0.2, -0.15) is 0 Å². The van der Waals surface area contributed by atoms with Gasteiger partial charge in [0.2, 0.25) is 0 Å². The normalized spacial score (nSPS) is 18.3. The van der Waals surface area contributed by atoms with Gasteiger partial charge in [-0.25, -0.2) is 0 Å². The molecule has 0 saturated carbocycles. The molecule has 1 aliphatic heterocycles. The van der Waals surface area contributed by atoms with Gasteiger partial charge in [-0.05, 0) is 24.6 Å². The minimum Gasteiger partial charge on any atom is -0.395 e. The van der Waals surface area contributed by atoms with E-state index in [9.17, 15) is 0 Å². The van der Waals surface area contributed by atoms with E-state index in [1.807, 2.05) is 30.0 Å². The lowest BCUT2D eigenvalue weighted by atomic mass is 9.94.